The van der Waals surface area contributed by atoms with Gasteiger partial charge in [0.2, 0.25) is 0 Å². The van der Waals surface area contributed by atoms with Gasteiger partial charge in [-0.2, -0.15) is 0 Å². The lowest BCUT2D eigenvalue weighted by atomic mass is 10.1. The summed E-state index contributed by atoms with van der Waals surface area (Å²) in [5.41, 5.74) is -0.237. The van der Waals surface area contributed by atoms with Gasteiger partial charge in [-0.15, -0.1) is 0 Å². The van der Waals surface area contributed by atoms with Crippen molar-refractivity contribution in [2.75, 3.05) is 4.72 Å². The van der Waals surface area contributed by atoms with Gasteiger partial charge in [0.1, 0.15) is 5.69 Å². The van der Waals surface area contributed by atoms with Gasteiger partial charge in [-0.1, -0.05) is 44.2 Å². The van der Waals surface area contributed by atoms with E-state index in [1.54, 1.807) is 42.1 Å². The van der Waals surface area contributed by atoms with Crippen molar-refractivity contribution in [2.24, 2.45) is 7.05 Å². The number of nitro benzene ring substituents is 1. The Morgan fingerprint density at radius 2 is 1.62 bits per heavy atom. The number of benzene rings is 2. The highest BCUT2D eigenvalue weighted by Crippen LogP contribution is 2.28. The third-order valence-corrected chi connectivity index (χ3v) is 5.84. The number of hydrogen-bond donors (Lipinski definition) is 1. The summed E-state index contributed by atoms with van der Waals surface area (Å²) in [6, 6.07) is 13.8. The van der Waals surface area contributed by atoms with Crippen molar-refractivity contribution < 1.29 is 13.3 Å². The molecule has 2 aromatic carbocycles. The molecular formula is C19H20N4O5S. The van der Waals surface area contributed by atoms with E-state index < -0.39 is 31.1 Å². The van der Waals surface area contributed by atoms with Crippen molar-refractivity contribution in [3.05, 3.63) is 80.8 Å². The molecule has 9 nitrogen and oxygen atoms in total. The Labute approximate surface area is 167 Å². The first-order chi connectivity index (χ1) is 13.6. The normalized spacial score (nSPS) is 11.6. The second-order valence-corrected chi connectivity index (χ2v) is 8.37. The molecule has 29 heavy (non-hydrogen) atoms. The summed E-state index contributed by atoms with van der Waals surface area (Å²) in [5.74, 6) is -0.193. The van der Waals surface area contributed by atoms with E-state index in [4.69, 9.17) is 0 Å². The summed E-state index contributed by atoms with van der Waals surface area (Å²) in [6.07, 6.45) is 0. The number of nitrogens with one attached hydrogen (secondary N) is 1. The highest BCUT2D eigenvalue weighted by atomic mass is 32.2. The van der Waals surface area contributed by atoms with Crippen LogP contribution in [0.5, 0.6) is 0 Å². The summed E-state index contributed by atoms with van der Waals surface area (Å²) in [5, 5.41) is 11.2. The van der Waals surface area contributed by atoms with Gasteiger partial charge in [-0.3, -0.25) is 24.3 Å². The largest absolute Gasteiger partial charge is 0.296 e. The average molecular weight is 416 g/mol. The zero-order chi connectivity index (χ0) is 21.3. The molecule has 0 saturated carbocycles. The lowest BCUT2D eigenvalue weighted by Crippen LogP contribution is -2.23. The highest BCUT2D eigenvalue weighted by Gasteiger charge is 2.30. The van der Waals surface area contributed by atoms with Crippen LogP contribution in [0.4, 0.5) is 11.4 Å². The lowest BCUT2D eigenvalue weighted by molar-refractivity contribution is -0.387. The first-order valence-electron chi connectivity index (χ1n) is 8.78. The predicted octanol–water partition coefficient (Wildman–Crippen LogP) is 3.01. The minimum atomic E-state index is -4.37. The molecule has 0 fully saturated rings. The van der Waals surface area contributed by atoms with Gasteiger partial charge in [-0.25, -0.2) is 13.1 Å². The molecule has 1 N–H and O–H groups in total. The van der Waals surface area contributed by atoms with Crippen LogP contribution in [0.15, 0.2) is 64.3 Å². The second-order valence-electron chi connectivity index (χ2n) is 6.72. The summed E-state index contributed by atoms with van der Waals surface area (Å²) >= 11 is 0. The van der Waals surface area contributed by atoms with Gasteiger partial charge >= 0.3 is 0 Å². The molecule has 1 heterocycles. The van der Waals surface area contributed by atoms with Gasteiger partial charge in [0, 0.05) is 13.1 Å². The molecule has 3 rings (SSSR count). The second kappa shape index (κ2) is 7.55. The third-order valence-electron chi connectivity index (χ3n) is 4.45. The van der Waals surface area contributed by atoms with Crippen LogP contribution in [0, 0.1) is 10.1 Å². The van der Waals surface area contributed by atoms with Crippen molar-refractivity contribution in [1.82, 2.24) is 9.36 Å². The van der Waals surface area contributed by atoms with Gasteiger partial charge in [0.15, 0.2) is 4.90 Å². The summed E-state index contributed by atoms with van der Waals surface area (Å²) in [6.45, 7) is 3.65. The van der Waals surface area contributed by atoms with Crippen molar-refractivity contribution in [2.45, 2.75) is 24.7 Å². The van der Waals surface area contributed by atoms with Crippen LogP contribution in [-0.4, -0.2) is 22.7 Å². The summed E-state index contributed by atoms with van der Waals surface area (Å²) in [4.78, 5) is 23.1. The number of hydrogen-bond acceptors (Lipinski definition) is 5. The van der Waals surface area contributed by atoms with Gasteiger partial charge in [0.25, 0.3) is 21.3 Å². The van der Waals surface area contributed by atoms with Crippen molar-refractivity contribution in [3.8, 4) is 5.69 Å². The quantitative estimate of drug-likeness (QED) is 0.490. The van der Waals surface area contributed by atoms with E-state index in [-0.39, 0.29) is 11.6 Å². The number of nitro groups is 1. The average Bonchev–Trinajstić information content (AvgIpc) is 2.91. The minimum Gasteiger partial charge on any atom is -0.283 e. The maximum atomic E-state index is 13.1. The molecule has 0 aliphatic rings. The Bertz CT molecular complexity index is 1230. The van der Waals surface area contributed by atoms with Crippen molar-refractivity contribution >= 4 is 21.4 Å². The fourth-order valence-electron chi connectivity index (χ4n) is 3.26. The molecule has 0 bridgehead atoms. The number of para-hydroxylation sites is 2. The summed E-state index contributed by atoms with van der Waals surface area (Å²) in [7, 11) is -2.71. The van der Waals surface area contributed by atoms with Crippen LogP contribution in [0.1, 0.15) is 25.5 Å². The fraction of sp³-hybridized carbons (Fsp3) is 0.211. The fourth-order valence-corrected chi connectivity index (χ4v) is 4.51. The number of nitrogens with zero attached hydrogens (tertiary/aromatic N) is 3. The minimum absolute atomic E-state index is 0.135. The zero-order valence-corrected chi connectivity index (χ0v) is 16.9. The number of anilines is 1. The summed E-state index contributed by atoms with van der Waals surface area (Å²) < 4.78 is 31.1. The molecular weight excluding hydrogens is 396 g/mol. The van der Waals surface area contributed by atoms with E-state index >= 15 is 0 Å². The molecule has 0 aliphatic heterocycles. The maximum absolute atomic E-state index is 13.1. The predicted molar refractivity (Wildman–Crippen MR) is 109 cm³/mol. The van der Waals surface area contributed by atoms with Gasteiger partial charge < -0.3 is 0 Å². The van der Waals surface area contributed by atoms with E-state index in [0.29, 0.717) is 11.4 Å². The van der Waals surface area contributed by atoms with Crippen LogP contribution in [-0.2, 0) is 17.1 Å². The van der Waals surface area contributed by atoms with Crippen LogP contribution in [0.2, 0.25) is 0 Å². The topological polar surface area (TPSA) is 116 Å². The third kappa shape index (κ3) is 3.66. The standard InChI is InChI=1S/C19H20N4O5S/c1-13(2)18-17(19(24)22(21(18)3)14-9-5-4-6-10-14)20-29(27,28)16-12-8-7-11-15(16)23(25)26/h4-13,20H,1-3H3. The Morgan fingerprint density at radius 1 is 1.03 bits per heavy atom. The monoisotopic (exact) mass is 416 g/mol. The number of aromatic nitrogens is 2. The highest BCUT2D eigenvalue weighted by molar-refractivity contribution is 7.92. The molecule has 3 aromatic rings. The van der Waals surface area contributed by atoms with E-state index in [1.807, 2.05) is 13.8 Å². The molecule has 152 valence electrons. The van der Waals surface area contributed by atoms with Crippen molar-refractivity contribution in [3.63, 3.8) is 0 Å². The van der Waals surface area contributed by atoms with E-state index in [9.17, 15) is 23.3 Å². The van der Waals surface area contributed by atoms with Gasteiger partial charge in [0.05, 0.1) is 16.3 Å². The Morgan fingerprint density at radius 3 is 2.21 bits per heavy atom. The van der Waals surface area contributed by atoms with Crippen LogP contribution >= 0.6 is 0 Å². The molecule has 0 radical (unpaired) electrons. The molecule has 0 atom stereocenters. The van der Waals surface area contributed by atoms with Gasteiger partial charge in [-0.05, 0) is 24.1 Å². The Hall–Kier alpha value is -3.40. The van der Waals surface area contributed by atoms with E-state index in [1.165, 1.54) is 16.8 Å². The Balaban J connectivity index is 2.20. The van der Waals surface area contributed by atoms with Crippen molar-refractivity contribution in [1.29, 1.82) is 0 Å². The number of sulfonamides is 1. The zero-order valence-electron chi connectivity index (χ0n) is 16.1. The van der Waals surface area contributed by atoms with Crippen LogP contribution in [0.3, 0.4) is 0 Å². The molecule has 0 saturated heterocycles. The smallest absolute Gasteiger partial charge is 0.283 e. The van der Waals surface area contributed by atoms with E-state index in [0.717, 1.165) is 12.1 Å². The van der Waals surface area contributed by atoms with E-state index in [2.05, 4.69) is 4.72 Å². The molecule has 10 heteroatoms. The molecule has 0 spiro atoms. The molecule has 0 unspecified atom stereocenters. The molecule has 1 aromatic heterocycles. The molecule has 0 aliphatic carbocycles. The number of rotatable bonds is 6. The SMILES string of the molecule is CC(C)c1c(NS(=O)(=O)c2ccccc2[N+](=O)[O-])c(=O)n(-c2ccccc2)n1C. The maximum Gasteiger partial charge on any atom is 0.296 e. The first kappa shape index (κ1) is 20.3. The Kier molecular flexibility index (Phi) is 5.29. The molecule has 0 amide bonds. The van der Waals surface area contributed by atoms with Crippen LogP contribution in [0.25, 0.3) is 5.69 Å². The lowest BCUT2D eigenvalue weighted by Gasteiger charge is -2.13. The van der Waals surface area contributed by atoms with Crippen LogP contribution < -0.4 is 10.3 Å². The first-order valence-corrected chi connectivity index (χ1v) is 10.3.